The Labute approximate surface area is 184 Å². The highest BCUT2D eigenvalue weighted by atomic mass is 32.1. The van der Waals surface area contributed by atoms with Gasteiger partial charge in [-0.3, -0.25) is 0 Å². The molecule has 0 atom stereocenters. The number of rotatable bonds is 7. The monoisotopic (exact) mass is 456 g/mol. The lowest BCUT2D eigenvalue weighted by molar-refractivity contribution is -0.147. The van der Waals surface area contributed by atoms with Crippen LogP contribution in [0, 0.1) is 5.82 Å². The van der Waals surface area contributed by atoms with Gasteiger partial charge in [0.05, 0.1) is 6.61 Å². The molecule has 0 amide bonds. The Hall–Kier alpha value is -3.72. The van der Waals surface area contributed by atoms with Crippen molar-refractivity contribution in [3.63, 3.8) is 0 Å². The first-order valence-electron chi connectivity index (χ1n) is 9.65. The lowest BCUT2D eigenvalue weighted by Gasteiger charge is -2.09. The van der Waals surface area contributed by atoms with E-state index in [1.54, 1.807) is 37.3 Å². The van der Waals surface area contributed by atoms with Crippen LogP contribution in [0.3, 0.4) is 0 Å². The van der Waals surface area contributed by atoms with E-state index < -0.39 is 30.0 Å². The molecule has 0 aliphatic rings. The maximum atomic E-state index is 14.4. The summed E-state index contributed by atoms with van der Waals surface area (Å²) < 4.78 is 35.8. The molecule has 0 spiro atoms. The third-order valence-electron chi connectivity index (χ3n) is 4.55. The van der Waals surface area contributed by atoms with Gasteiger partial charge in [-0.25, -0.2) is 18.8 Å². The van der Waals surface area contributed by atoms with Gasteiger partial charge in [-0.05, 0) is 37.3 Å². The van der Waals surface area contributed by atoms with Crippen molar-refractivity contribution in [2.45, 2.75) is 13.5 Å². The van der Waals surface area contributed by atoms with Crippen molar-refractivity contribution in [1.82, 2.24) is 0 Å². The van der Waals surface area contributed by atoms with Crippen LogP contribution in [0.5, 0.6) is 5.75 Å². The quantitative estimate of drug-likeness (QED) is 0.300. The van der Waals surface area contributed by atoms with Crippen molar-refractivity contribution >= 4 is 44.3 Å². The summed E-state index contributed by atoms with van der Waals surface area (Å²) in [5.41, 5.74) is 0.0757. The van der Waals surface area contributed by atoms with Crippen LogP contribution in [-0.4, -0.2) is 25.2 Å². The fraction of sp³-hybridized carbons (Fsp3) is 0.174. The lowest BCUT2D eigenvalue weighted by atomic mass is 10.1. The molecule has 0 aliphatic carbocycles. The molecule has 0 aliphatic heterocycles. The van der Waals surface area contributed by atoms with E-state index in [2.05, 4.69) is 0 Å². The van der Waals surface area contributed by atoms with Gasteiger partial charge in [0.2, 0.25) is 0 Å². The minimum absolute atomic E-state index is 0.161. The summed E-state index contributed by atoms with van der Waals surface area (Å²) in [5.74, 6) is -1.53. The van der Waals surface area contributed by atoms with Crippen LogP contribution in [0.25, 0.3) is 21.1 Å². The Kier molecular flexibility index (Phi) is 6.18. The molecule has 0 fully saturated rings. The minimum Gasteiger partial charge on any atom is -0.482 e. The summed E-state index contributed by atoms with van der Waals surface area (Å²) in [7, 11) is 0. The van der Waals surface area contributed by atoms with Crippen molar-refractivity contribution < 1.29 is 32.6 Å². The molecule has 0 bridgehead atoms. The molecule has 0 radical (unpaired) electrons. The van der Waals surface area contributed by atoms with Gasteiger partial charge >= 0.3 is 17.6 Å². The van der Waals surface area contributed by atoms with Crippen LogP contribution >= 0.6 is 11.3 Å². The predicted octanol–water partition coefficient (Wildman–Crippen LogP) is 4.45. The Balaban J connectivity index is 1.47. The number of carbonyl (C=O) groups excluding carboxylic acids is 2. The molecule has 2 aromatic carbocycles. The lowest BCUT2D eigenvalue weighted by Crippen LogP contribution is -2.15. The van der Waals surface area contributed by atoms with Gasteiger partial charge in [0, 0.05) is 33.2 Å². The normalized spacial score (nSPS) is 10.9. The second-order valence-electron chi connectivity index (χ2n) is 6.65. The van der Waals surface area contributed by atoms with Gasteiger partial charge in [-0.2, -0.15) is 0 Å². The Morgan fingerprint density at radius 3 is 2.72 bits per heavy atom. The van der Waals surface area contributed by atoms with Crippen LogP contribution in [-0.2, 0) is 20.9 Å². The molecule has 7 nitrogen and oxygen atoms in total. The Morgan fingerprint density at radius 2 is 1.91 bits per heavy atom. The number of fused-ring (bicyclic) bond motifs is 2. The van der Waals surface area contributed by atoms with Crippen LogP contribution in [0.4, 0.5) is 4.39 Å². The topological polar surface area (TPSA) is 92.0 Å². The van der Waals surface area contributed by atoms with Gasteiger partial charge in [0.1, 0.15) is 28.6 Å². The second-order valence-corrected chi connectivity index (χ2v) is 7.70. The molecule has 2 aromatic heterocycles. The van der Waals surface area contributed by atoms with Crippen LogP contribution < -0.4 is 10.4 Å². The SMILES string of the molecule is CCOC(=O)c1sc2cccc(F)c2c1COC(=O)COc1ccc2ccc(=O)oc2c1. The standard InChI is InChI=1S/C23H17FO7S/c1-2-28-23(27)22-15(21-16(24)4-3-5-18(21)32-22)11-30-20(26)12-29-14-8-6-13-7-9-19(25)31-17(13)10-14/h3-10H,2,11-12H2,1H3. The van der Waals surface area contributed by atoms with Crippen molar-refractivity contribution in [2.75, 3.05) is 13.2 Å². The first-order chi connectivity index (χ1) is 15.5. The number of carbonyl (C=O) groups is 2. The maximum Gasteiger partial charge on any atom is 0.348 e. The van der Waals surface area contributed by atoms with Gasteiger partial charge in [-0.1, -0.05) is 6.07 Å². The summed E-state index contributed by atoms with van der Waals surface area (Å²) in [6, 6.07) is 12.2. The Morgan fingerprint density at radius 1 is 1.09 bits per heavy atom. The molecule has 164 valence electrons. The average molecular weight is 456 g/mol. The van der Waals surface area contributed by atoms with E-state index in [4.69, 9.17) is 18.6 Å². The van der Waals surface area contributed by atoms with E-state index in [1.165, 1.54) is 18.2 Å². The summed E-state index contributed by atoms with van der Waals surface area (Å²) in [4.78, 5) is 36.1. The molecule has 0 saturated heterocycles. The molecule has 0 unspecified atom stereocenters. The van der Waals surface area contributed by atoms with Crippen molar-refractivity contribution in [2.24, 2.45) is 0 Å². The van der Waals surface area contributed by atoms with Gasteiger partial charge < -0.3 is 18.6 Å². The number of benzene rings is 2. The van der Waals surface area contributed by atoms with E-state index in [0.29, 0.717) is 21.4 Å². The molecule has 0 saturated carbocycles. The van der Waals surface area contributed by atoms with Gasteiger partial charge in [-0.15, -0.1) is 11.3 Å². The summed E-state index contributed by atoms with van der Waals surface area (Å²) in [6.07, 6.45) is 0. The highest BCUT2D eigenvalue weighted by Gasteiger charge is 2.23. The van der Waals surface area contributed by atoms with Crippen molar-refractivity contribution in [3.8, 4) is 5.75 Å². The average Bonchev–Trinajstić information content (AvgIpc) is 3.16. The van der Waals surface area contributed by atoms with E-state index in [9.17, 15) is 18.8 Å². The molecule has 4 rings (SSSR count). The van der Waals surface area contributed by atoms with Crippen LogP contribution in [0.15, 0.2) is 57.7 Å². The first kappa shape index (κ1) is 21.5. The minimum atomic E-state index is -0.717. The highest BCUT2D eigenvalue weighted by molar-refractivity contribution is 7.21. The zero-order chi connectivity index (χ0) is 22.7. The molecule has 0 N–H and O–H groups in total. The molecule has 4 aromatic rings. The maximum absolute atomic E-state index is 14.4. The van der Waals surface area contributed by atoms with Gasteiger partial charge in [0.15, 0.2) is 6.61 Å². The van der Waals surface area contributed by atoms with E-state index in [0.717, 1.165) is 11.3 Å². The predicted molar refractivity (Wildman–Crippen MR) is 116 cm³/mol. The number of hydrogen-bond donors (Lipinski definition) is 0. The Bertz CT molecular complexity index is 1370. The summed E-state index contributed by atoms with van der Waals surface area (Å²) in [5, 5.41) is 0.927. The van der Waals surface area contributed by atoms with E-state index >= 15 is 0 Å². The van der Waals surface area contributed by atoms with Gasteiger partial charge in [0.25, 0.3) is 0 Å². The van der Waals surface area contributed by atoms with E-state index in [1.807, 2.05) is 0 Å². The highest BCUT2D eigenvalue weighted by Crippen LogP contribution is 2.34. The van der Waals surface area contributed by atoms with E-state index in [-0.39, 0.29) is 29.0 Å². The molecule has 9 heteroatoms. The van der Waals surface area contributed by atoms with Crippen molar-refractivity contribution in [3.05, 3.63) is 75.2 Å². The zero-order valence-corrected chi connectivity index (χ0v) is 17.7. The second kappa shape index (κ2) is 9.19. The molecule has 2 heterocycles. The molecule has 32 heavy (non-hydrogen) atoms. The molecular weight excluding hydrogens is 439 g/mol. The first-order valence-corrected chi connectivity index (χ1v) is 10.5. The smallest absolute Gasteiger partial charge is 0.348 e. The summed E-state index contributed by atoms with van der Waals surface area (Å²) >= 11 is 1.08. The molecular formula is C23H17FO7S. The van der Waals surface area contributed by atoms with Crippen LogP contribution in [0.2, 0.25) is 0 Å². The number of esters is 2. The van der Waals surface area contributed by atoms with Crippen molar-refractivity contribution in [1.29, 1.82) is 0 Å². The fourth-order valence-electron chi connectivity index (χ4n) is 3.13. The zero-order valence-electron chi connectivity index (χ0n) is 16.9. The number of ether oxygens (including phenoxy) is 3. The third kappa shape index (κ3) is 4.47. The largest absolute Gasteiger partial charge is 0.482 e. The number of hydrogen-bond acceptors (Lipinski definition) is 8. The third-order valence-corrected chi connectivity index (χ3v) is 5.73. The summed E-state index contributed by atoms with van der Waals surface area (Å²) in [6.45, 7) is 1.08. The number of halogens is 1. The fourth-order valence-corrected chi connectivity index (χ4v) is 4.25. The number of thiophene rings is 1. The van der Waals surface area contributed by atoms with Crippen LogP contribution in [0.1, 0.15) is 22.2 Å².